The van der Waals surface area contributed by atoms with E-state index in [2.05, 4.69) is 36.3 Å². The van der Waals surface area contributed by atoms with Gasteiger partial charge in [-0.3, -0.25) is 4.79 Å². The largest absolute Gasteiger partial charge is 0.342 e. The van der Waals surface area contributed by atoms with Gasteiger partial charge in [0.25, 0.3) is 5.91 Å². The maximum Gasteiger partial charge on any atom is 0.251 e. The van der Waals surface area contributed by atoms with E-state index >= 15 is 0 Å². The van der Waals surface area contributed by atoms with E-state index in [0.29, 0.717) is 16.9 Å². The lowest BCUT2D eigenvalue weighted by molar-refractivity contribution is 0.0938. The number of tetrazole rings is 1. The van der Waals surface area contributed by atoms with E-state index in [0.717, 1.165) is 12.1 Å². The van der Waals surface area contributed by atoms with Gasteiger partial charge in [-0.25, -0.2) is 4.68 Å². The molecule has 3 rings (SSSR count). The van der Waals surface area contributed by atoms with E-state index in [-0.39, 0.29) is 11.9 Å². The molecule has 2 heterocycles. The summed E-state index contributed by atoms with van der Waals surface area (Å²) in [5, 5.41) is 24.4. The van der Waals surface area contributed by atoms with Crippen LogP contribution in [0.4, 0.5) is 0 Å². The standard InChI is InChI=1S/C12H14N8O/c1-3-20-10-5-4-8(6-9(10)14-19-20)12(21)13-7(2)11-15-17-18-16-11/h4-7H,3H2,1-2H3,(H,13,21)(H,15,16,17,18). The molecule has 0 aliphatic rings. The van der Waals surface area contributed by atoms with E-state index < -0.39 is 0 Å². The number of hydrogen-bond acceptors (Lipinski definition) is 6. The summed E-state index contributed by atoms with van der Waals surface area (Å²) in [5.41, 5.74) is 2.11. The van der Waals surface area contributed by atoms with Crippen LogP contribution in [0.1, 0.15) is 36.1 Å². The molecule has 0 saturated heterocycles. The first-order valence-electron chi connectivity index (χ1n) is 6.56. The molecule has 108 valence electrons. The molecule has 0 radical (unpaired) electrons. The third-order valence-electron chi connectivity index (χ3n) is 3.17. The van der Waals surface area contributed by atoms with Crippen molar-refractivity contribution in [2.24, 2.45) is 0 Å². The number of nitrogens with zero attached hydrogens (tertiary/aromatic N) is 6. The number of amides is 1. The maximum atomic E-state index is 12.2. The lowest BCUT2D eigenvalue weighted by atomic mass is 10.1. The smallest absolute Gasteiger partial charge is 0.251 e. The highest BCUT2D eigenvalue weighted by molar-refractivity contribution is 5.97. The fourth-order valence-electron chi connectivity index (χ4n) is 2.04. The van der Waals surface area contributed by atoms with Crippen molar-refractivity contribution in [2.75, 3.05) is 0 Å². The zero-order valence-electron chi connectivity index (χ0n) is 11.6. The Bertz CT molecular complexity index is 763. The summed E-state index contributed by atoms with van der Waals surface area (Å²) in [6.07, 6.45) is 0. The van der Waals surface area contributed by atoms with Crippen LogP contribution in [-0.4, -0.2) is 41.5 Å². The average Bonchev–Trinajstić information content (AvgIpc) is 3.15. The van der Waals surface area contributed by atoms with Crippen molar-refractivity contribution < 1.29 is 4.79 Å². The van der Waals surface area contributed by atoms with Gasteiger partial charge in [0.2, 0.25) is 0 Å². The van der Waals surface area contributed by atoms with E-state index in [1.807, 2.05) is 13.0 Å². The lowest BCUT2D eigenvalue weighted by Gasteiger charge is -2.09. The highest BCUT2D eigenvalue weighted by Crippen LogP contribution is 2.14. The Balaban J connectivity index is 1.81. The Labute approximate surface area is 119 Å². The van der Waals surface area contributed by atoms with Gasteiger partial charge in [-0.2, -0.15) is 5.21 Å². The van der Waals surface area contributed by atoms with Crippen LogP contribution in [0.25, 0.3) is 11.0 Å². The second-order valence-corrected chi connectivity index (χ2v) is 4.57. The third-order valence-corrected chi connectivity index (χ3v) is 3.17. The normalized spacial score (nSPS) is 12.5. The molecule has 1 unspecified atom stereocenters. The number of nitrogens with one attached hydrogen (secondary N) is 2. The monoisotopic (exact) mass is 286 g/mol. The molecule has 3 aromatic rings. The molecule has 2 N–H and O–H groups in total. The van der Waals surface area contributed by atoms with Crippen LogP contribution in [0.5, 0.6) is 0 Å². The van der Waals surface area contributed by atoms with E-state index in [1.165, 1.54) is 0 Å². The van der Waals surface area contributed by atoms with Gasteiger partial charge in [-0.1, -0.05) is 10.4 Å². The topological polar surface area (TPSA) is 114 Å². The molecular formula is C12H14N8O. The van der Waals surface area contributed by atoms with Crippen LogP contribution in [0.2, 0.25) is 0 Å². The van der Waals surface area contributed by atoms with Gasteiger partial charge in [0.05, 0.1) is 11.6 Å². The maximum absolute atomic E-state index is 12.2. The Kier molecular flexibility index (Phi) is 3.30. The van der Waals surface area contributed by atoms with Gasteiger partial charge in [-0.15, -0.1) is 15.3 Å². The molecule has 0 saturated carbocycles. The van der Waals surface area contributed by atoms with Gasteiger partial charge >= 0.3 is 0 Å². The zero-order valence-corrected chi connectivity index (χ0v) is 11.6. The summed E-state index contributed by atoms with van der Waals surface area (Å²) in [6, 6.07) is 4.97. The number of rotatable bonds is 4. The quantitative estimate of drug-likeness (QED) is 0.720. The molecule has 0 bridgehead atoms. The summed E-state index contributed by atoms with van der Waals surface area (Å²) < 4.78 is 1.78. The zero-order chi connectivity index (χ0) is 14.8. The van der Waals surface area contributed by atoms with Crippen molar-refractivity contribution >= 4 is 16.9 Å². The second kappa shape index (κ2) is 5.27. The minimum atomic E-state index is -0.335. The minimum Gasteiger partial charge on any atom is -0.342 e. The average molecular weight is 286 g/mol. The molecule has 0 fully saturated rings. The summed E-state index contributed by atoms with van der Waals surface area (Å²) in [6.45, 7) is 4.51. The highest BCUT2D eigenvalue weighted by Gasteiger charge is 2.15. The van der Waals surface area contributed by atoms with Crippen LogP contribution in [0.3, 0.4) is 0 Å². The SMILES string of the molecule is CCn1nnc2cc(C(=O)NC(C)c3nn[nH]n3)ccc21. The van der Waals surface area contributed by atoms with Crippen molar-refractivity contribution in [3.63, 3.8) is 0 Å². The van der Waals surface area contributed by atoms with Crippen LogP contribution >= 0.6 is 0 Å². The molecule has 0 aliphatic carbocycles. The van der Waals surface area contributed by atoms with Gasteiger partial charge in [-0.05, 0) is 32.0 Å². The molecule has 21 heavy (non-hydrogen) atoms. The molecule has 1 atom stereocenters. The number of carbonyl (C=O) groups excluding carboxylic acids is 1. The predicted octanol–water partition coefficient (Wildman–Crippen LogP) is 0.455. The van der Waals surface area contributed by atoms with Gasteiger partial charge in [0, 0.05) is 12.1 Å². The summed E-state index contributed by atoms with van der Waals surface area (Å²) in [7, 11) is 0. The Hall–Kier alpha value is -2.84. The fraction of sp³-hybridized carbons (Fsp3) is 0.333. The molecule has 9 nitrogen and oxygen atoms in total. The summed E-state index contributed by atoms with van der Waals surface area (Å²) in [5.74, 6) is 0.210. The van der Waals surface area contributed by atoms with Crippen molar-refractivity contribution in [2.45, 2.75) is 26.4 Å². The number of fused-ring (bicyclic) bond motifs is 1. The minimum absolute atomic E-state index is 0.222. The van der Waals surface area contributed by atoms with Crippen molar-refractivity contribution in [1.82, 2.24) is 40.9 Å². The van der Waals surface area contributed by atoms with Crippen LogP contribution in [-0.2, 0) is 6.54 Å². The fourth-order valence-corrected chi connectivity index (χ4v) is 2.04. The molecule has 0 spiro atoms. The Morgan fingerprint density at radius 1 is 1.43 bits per heavy atom. The Morgan fingerprint density at radius 2 is 2.29 bits per heavy atom. The number of aryl methyl sites for hydroxylation is 1. The van der Waals surface area contributed by atoms with Gasteiger partial charge in [0.1, 0.15) is 5.52 Å². The van der Waals surface area contributed by atoms with Crippen molar-refractivity contribution in [1.29, 1.82) is 0 Å². The number of carbonyl (C=O) groups is 1. The van der Waals surface area contributed by atoms with Crippen LogP contribution in [0.15, 0.2) is 18.2 Å². The summed E-state index contributed by atoms with van der Waals surface area (Å²) >= 11 is 0. The number of benzene rings is 1. The first-order valence-corrected chi connectivity index (χ1v) is 6.56. The number of aromatic amines is 1. The first-order chi connectivity index (χ1) is 10.2. The van der Waals surface area contributed by atoms with Crippen molar-refractivity contribution in [3.05, 3.63) is 29.6 Å². The number of hydrogen-bond donors (Lipinski definition) is 2. The highest BCUT2D eigenvalue weighted by atomic mass is 16.1. The number of aromatic nitrogens is 7. The van der Waals surface area contributed by atoms with E-state index in [9.17, 15) is 4.79 Å². The Morgan fingerprint density at radius 3 is 3.00 bits per heavy atom. The van der Waals surface area contributed by atoms with E-state index in [1.54, 1.807) is 23.7 Å². The van der Waals surface area contributed by atoms with Crippen molar-refractivity contribution in [3.8, 4) is 0 Å². The molecule has 1 aromatic carbocycles. The lowest BCUT2D eigenvalue weighted by Crippen LogP contribution is -2.27. The third kappa shape index (κ3) is 2.45. The van der Waals surface area contributed by atoms with E-state index in [4.69, 9.17) is 0 Å². The molecule has 1 amide bonds. The first kappa shape index (κ1) is 13.2. The van der Waals surface area contributed by atoms with Crippen LogP contribution < -0.4 is 5.32 Å². The number of H-pyrrole nitrogens is 1. The predicted molar refractivity (Wildman–Crippen MR) is 73.3 cm³/mol. The molecule has 2 aromatic heterocycles. The van der Waals surface area contributed by atoms with Crippen LogP contribution in [0, 0.1) is 0 Å². The second-order valence-electron chi connectivity index (χ2n) is 4.57. The van der Waals surface area contributed by atoms with Gasteiger partial charge in [0.15, 0.2) is 5.82 Å². The summed E-state index contributed by atoms with van der Waals surface area (Å²) in [4.78, 5) is 12.2. The molecular weight excluding hydrogens is 272 g/mol. The van der Waals surface area contributed by atoms with Gasteiger partial charge < -0.3 is 5.32 Å². The molecule has 9 heteroatoms. The molecule has 0 aliphatic heterocycles.